The van der Waals surface area contributed by atoms with Gasteiger partial charge in [-0.25, -0.2) is 0 Å². The molecule has 0 heterocycles. The Bertz CT molecular complexity index is 938. The number of nitrogens with one attached hydrogen (secondary N) is 1. The van der Waals surface area contributed by atoms with Crippen LogP contribution in [-0.4, -0.2) is 25.4 Å². The molecule has 0 saturated heterocycles. The van der Waals surface area contributed by atoms with Crippen LogP contribution in [0.4, 0.5) is 5.69 Å². The van der Waals surface area contributed by atoms with Crippen molar-refractivity contribution < 1.29 is 9.59 Å². The molecule has 4 nitrogen and oxygen atoms in total. The largest absolute Gasteiger partial charge is 0.352 e. The second-order valence-corrected chi connectivity index (χ2v) is 6.43. The topological polar surface area (TPSA) is 49.4 Å². The lowest BCUT2D eigenvalue weighted by Gasteiger charge is -2.18. The van der Waals surface area contributed by atoms with E-state index in [0.717, 1.165) is 16.5 Å². The van der Waals surface area contributed by atoms with Crippen molar-refractivity contribution in [3.63, 3.8) is 0 Å². The van der Waals surface area contributed by atoms with E-state index >= 15 is 0 Å². The van der Waals surface area contributed by atoms with E-state index in [1.54, 1.807) is 36.2 Å². The molecule has 2 amide bonds. The van der Waals surface area contributed by atoms with Crippen LogP contribution in [0.15, 0.2) is 66.7 Å². The van der Waals surface area contributed by atoms with Crippen LogP contribution >= 0.6 is 11.6 Å². The first-order valence-electron chi connectivity index (χ1n) is 8.34. The number of hydrogen-bond donors (Lipinski definition) is 1. The highest BCUT2D eigenvalue weighted by molar-refractivity contribution is 6.30. The predicted molar refractivity (Wildman–Crippen MR) is 106 cm³/mol. The van der Waals surface area contributed by atoms with Gasteiger partial charge in [-0.1, -0.05) is 41.9 Å². The molecule has 0 aliphatic carbocycles. The van der Waals surface area contributed by atoms with Gasteiger partial charge in [-0.3, -0.25) is 9.59 Å². The summed E-state index contributed by atoms with van der Waals surface area (Å²) in [5.74, 6) is -0.278. The molecule has 0 bridgehead atoms. The summed E-state index contributed by atoms with van der Waals surface area (Å²) < 4.78 is 0. The number of halogens is 1. The first-order valence-corrected chi connectivity index (χ1v) is 8.71. The molecule has 0 saturated carbocycles. The third kappa shape index (κ3) is 4.21. The second kappa shape index (κ2) is 8.02. The maximum Gasteiger partial charge on any atom is 0.251 e. The Balaban J connectivity index is 1.56. The number of anilines is 1. The quantitative estimate of drug-likeness (QED) is 0.732. The molecule has 0 unspecified atom stereocenters. The summed E-state index contributed by atoms with van der Waals surface area (Å²) in [6.45, 7) is 0.276. The normalized spacial score (nSPS) is 10.5. The van der Waals surface area contributed by atoms with Crippen LogP contribution in [0.1, 0.15) is 16.8 Å². The Labute approximate surface area is 157 Å². The zero-order chi connectivity index (χ0) is 18.5. The Morgan fingerprint density at radius 3 is 2.38 bits per heavy atom. The standard InChI is InChI=1S/C21H19ClN2O2/c1-24(19-11-8-15-4-2-3-5-17(15)14-19)20(25)12-13-23-21(26)16-6-9-18(22)10-7-16/h2-11,14H,12-13H2,1H3,(H,23,26). The van der Waals surface area contributed by atoms with Crippen LogP contribution in [0, 0.1) is 0 Å². The zero-order valence-corrected chi connectivity index (χ0v) is 15.2. The van der Waals surface area contributed by atoms with E-state index in [2.05, 4.69) is 5.32 Å². The maximum absolute atomic E-state index is 12.4. The molecule has 3 aromatic carbocycles. The summed E-state index contributed by atoms with van der Waals surface area (Å²) in [6, 6.07) is 20.5. The lowest BCUT2D eigenvalue weighted by atomic mass is 10.1. The molecule has 0 aromatic heterocycles. The van der Waals surface area contributed by atoms with Crippen molar-refractivity contribution >= 4 is 39.9 Å². The molecule has 0 atom stereocenters. The highest BCUT2D eigenvalue weighted by Crippen LogP contribution is 2.21. The molecule has 0 aliphatic rings. The average molecular weight is 367 g/mol. The van der Waals surface area contributed by atoms with Gasteiger partial charge in [0.1, 0.15) is 0 Å². The fourth-order valence-electron chi connectivity index (χ4n) is 2.68. The van der Waals surface area contributed by atoms with Crippen LogP contribution in [0.3, 0.4) is 0 Å². The SMILES string of the molecule is CN(C(=O)CCNC(=O)c1ccc(Cl)cc1)c1ccc2ccccc2c1. The summed E-state index contributed by atoms with van der Waals surface area (Å²) in [5, 5.41) is 5.55. The molecule has 132 valence electrons. The number of benzene rings is 3. The van der Waals surface area contributed by atoms with Gasteiger partial charge in [0.2, 0.25) is 5.91 Å². The van der Waals surface area contributed by atoms with Gasteiger partial charge in [-0.15, -0.1) is 0 Å². The molecular weight excluding hydrogens is 348 g/mol. The molecule has 1 N–H and O–H groups in total. The monoisotopic (exact) mass is 366 g/mol. The Morgan fingerprint density at radius 1 is 0.962 bits per heavy atom. The molecule has 0 aliphatic heterocycles. The van der Waals surface area contributed by atoms with Crippen molar-refractivity contribution in [2.45, 2.75) is 6.42 Å². The number of nitrogens with zero attached hydrogens (tertiary/aromatic N) is 1. The Morgan fingerprint density at radius 2 is 1.65 bits per heavy atom. The summed E-state index contributed by atoms with van der Waals surface area (Å²) >= 11 is 5.81. The van der Waals surface area contributed by atoms with Crippen molar-refractivity contribution in [3.05, 3.63) is 77.3 Å². The number of amides is 2. The van der Waals surface area contributed by atoms with Gasteiger partial charge >= 0.3 is 0 Å². The van der Waals surface area contributed by atoms with Gasteiger partial charge in [-0.2, -0.15) is 0 Å². The number of rotatable bonds is 5. The minimum absolute atomic E-state index is 0.0586. The minimum atomic E-state index is -0.220. The molecule has 5 heteroatoms. The van der Waals surface area contributed by atoms with Gasteiger partial charge in [-0.05, 0) is 47.2 Å². The first kappa shape index (κ1) is 18.0. The van der Waals surface area contributed by atoms with Crippen LogP contribution in [0.25, 0.3) is 10.8 Å². The van der Waals surface area contributed by atoms with E-state index in [-0.39, 0.29) is 24.8 Å². The van der Waals surface area contributed by atoms with E-state index in [9.17, 15) is 9.59 Å². The smallest absolute Gasteiger partial charge is 0.251 e. The molecule has 3 aromatic rings. The number of carbonyl (C=O) groups excluding carboxylic acids is 2. The predicted octanol–water partition coefficient (Wildman–Crippen LogP) is 4.28. The number of fused-ring (bicyclic) bond motifs is 1. The van der Waals surface area contributed by atoms with Crippen molar-refractivity contribution in [1.82, 2.24) is 5.32 Å². The van der Waals surface area contributed by atoms with E-state index in [0.29, 0.717) is 10.6 Å². The molecule has 26 heavy (non-hydrogen) atoms. The fraction of sp³-hybridized carbons (Fsp3) is 0.143. The van der Waals surface area contributed by atoms with Crippen LogP contribution in [-0.2, 0) is 4.79 Å². The average Bonchev–Trinajstić information content (AvgIpc) is 2.67. The highest BCUT2D eigenvalue weighted by Gasteiger charge is 2.12. The van der Waals surface area contributed by atoms with Gasteiger partial charge in [0, 0.05) is 36.3 Å². The highest BCUT2D eigenvalue weighted by atomic mass is 35.5. The summed E-state index contributed by atoms with van der Waals surface area (Å²) in [4.78, 5) is 26.1. The molecular formula is C21H19ClN2O2. The van der Waals surface area contributed by atoms with Crippen molar-refractivity contribution in [1.29, 1.82) is 0 Å². The van der Waals surface area contributed by atoms with Gasteiger partial charge in [0.15, 0.2) is 0 Å². The Hall–Kier alpha value is -2.85. The van der Waals surface area contributed by atoms with Crippen molar-refractivity contribution in [3.8, 4) is 0 Å². The van der Waals surface area contributed by atoms with Gasteiger partial charge < -0.3 is 10.2 Å². The number of hydrogen-bond acceptors (Lipinski definition) is 2. The van der Waals surface area contributed by atoms with Crippen molar-refractivity contribution in [2.75, 3.05) is 18.5 Å². The van der Waals surface area contributed by atoms with Crippen LogP contribution < -0.4 is 10.2 Å². The zero-order valence-electron chi connectivity index (χ0n) is 14.4. The van der Waals surface area contributed by atoms with Crippen LogP contribution in [0.2, 0.25) is 5.02 Å². The summed E-state index contributed by atoms with van der Waals surface area (Å²) in [6.07, 6.45) is 0.225. The summed E-state index contributed by atoms with van der Waals surface area (Å²) in [7, 11) is 1.74. The molecule has 3 rings (SSSR count). The van der Waals surface area contributed by atoms with E-state index < -0.39 is 0 Å². The molecule has 0 spiro atoms. The lowest BCUT2D eigenvalue weighted by Crippen LogP contribution is -2.32. The Kier molecular flexibility index (Phi) is 5.54. The first-order chi connectivity index (χ1) is 12.5. The van der Waals surface area contributed by atoms with E-state index in [1.807, 2.05) is 42.5 Å². The van der Waals surface area contributed by atoms with Gasteiger partial charge in [0.05, 0.1) is 0 Å². The third-order valence-corrected chi connectivity index (χ3v) is 4.48. The van der Waals surface area contributed by atoms with E-state index in [1.165, 1.54) is 0 Å². The third-order valence-electron chi connectivity index (χ3n) is 4.23. The minimum Gasteiger partial charge on any atom is -0.352 e. The lowest BCUT2D eigenvalue weighted by molar-refractivity contribution is -0.118. The van der Waals surface area contributed by atoms with E-state index in [4.69, 9.17) is 11.6 Å². The molecule has 0 radical (unpaired) electrons. The van der Waals surface area contributed by atoms with Gasteiger partial charge in [0.25, 0.3) is 5.91 Å². The summed E-state index contributed by atoms with van der Waals surface area (Å²) in [5.41, 5.74) is 1.35. The van der Waals surface area contributed by atoms with Crippen LogP contribution in [0.5, 0.6) is 0 Å². The molecule has 0 fully saturated rings. The fourth-order valence-corrected chi connectivity index (χ4v) is 2.81. The number of carbonyl (C=O) groups is 2. The van der Waals surface area contributed by atoms with Crippen molar-refractivity contribution in [2.24, 2.45) is 0 Å². The second-order valence-electron chi connectivity index (χ2n) is 6.00. The maximum atomic E-state index is 12.4.